The fourth-order valence-electron chi connectivity index (χ4n) is 4.30. The molecule has 1 aromatic carbocycles. The highest BCUT2D eigenvalue weighted by Crippen LogP contribution is 2.45. The molecular formula is C24H26IN5O2S. The quantitative estimate of drug-likeness (QED) is 0.292. The minimum Gasteiger partial charge on any atom is -0.375 e. The van der Waals surface area contributed by atoms with E-state index in [0.29, 0.717) is 5.11 Å². The molecule has 1 aliphatic rings. The second-order valence-corrected chi connectivity index (χ2v) is 9.55. The number of pyridine rings is 1. The van der Waals surface area contributed by atoms with E-state index >= 15 is 0 Å². The summed E-state index contributed by atoms with van der Waals surface area (Å²) >= 11 is 8.24. The van der Waals surface area contributed by atoms with Crippen LogP contribution in [0.5, 0.6) is 0 Å². The number of ether oxygens (including phenoxy) is 1. The zero-order valence-electron chi connectivity index (χ0n) is 18.9. The predicted octanol–water partition coefficient (Wildman–Crippen LogP) is 4.70. The van der Waals surface area contributed by atoms with Gasteiger partial charge in [-0.05, 0) is 91.5 Å². The van der Waals surface area contributed by atoms with Crippen LogP contribution in [0.1, 0.15) is 40.3 Å². The molecule has 2 aromatic heterocycles. The molecule has 0 radical (unpaired) electrons. The average molecular weight is 575 g/mol. The molecule has 33 heavy (non-hydrogen) atoms. The molecule has 1 saturated heterocycles. The van der Waals surface area contributed by atoms with E-state index in [1.807, 2.05) is 49.5 Å². The van der Waals surface area contributed by atoms with Crippen molar-refractivity contribution in [2.24, 2.45) is 0 Å². The summed E-state index contributed by atoms with van der Waals surface area (Å²) < 4.78 is 6.11. The third-order valence-electron chi connectivity index (χ3n) is 5.78. The summed E-state index contributed by atoms with van der Waals surface area (Å²) in [5.41, 5.74) is 7.02. The first-order chi connectivity index (χ1) is 15.8. The zero-order valence-corrected chi connectivity index (χ0v) is 21.9. The summed E-state index contributed by atoms with van der Waals surface area (Å²) in [5, 5.41) is 7.04. The lowest BCUT2D eigenvalue weighted by molar-refractivity contribution is -0.119. The molecule has 4 rings (SSSR count). The molecule has 0 bridgehead atoms. The molecule has 2 atom stereocenters. The Hall–Kier alpha value is -2.50. The number of benzene rings is 1. The summed E-state index contributed by atoms with van der Waals surface area (Å²) in [6.07, 6.45) is 1.81. The lowest BCUT2D eigenvalue weighted by atomic mass is 9.96. The van der Waals surface area contributed by atoms with Crippen LogP contribution in [0.25, 0.3) is 0 Å². The van der Waals surface area contributed by atoms with Crippen molar-refractivity contribution in [3.63, 3.8) is 0 Å². The number of carbonyl (C=O) groups is 1. The first kappa shape index (κ1) is 23.7. The van der Waals surface area contributed by atoms with Crippen LogP contribution in [-0.4, -0.2) is 34.7 Å². The molecule has 3 N–H and O–H groups in total. The number of amides is 1. The van der Waals surface area contributed by atoms with Crippen LogP contribution in [0, 0.1) is 24.3 Å². The molecule has 0 unspecified atom stereocenters. The highest BCUT2D eigenvalue weighted by molar-refractivity contribution is 14.1. The maximum absolute atomic E-state index is 12.0. The van der Waals surface area contributed by atoms with Gasteiger partial charge in [0.15, 0.2) is 5.11 Å². The van der Waals surface area contributed by atoms with Gasteiger partial charge in [-0.15, -0.1) is 0 Å². The van der Waals surface area contributed by atoms with Crippen molar-refractivity contribution in [1.82, 2.24) is 15.3 Å². The van der Waals surface area contributed by atoms with Crippen LogP contribution in [0.2, 0.25) is 0 Å². The summed E-state index contributed by atoms with van der Waals surface area (Å²) in [7, 11) is 1.50. The predicted molar refractivity (Wildman–Crippen MR) is 143 cm³/mol. The maximum atomic E-state index is 12.0. The number of carbonyl (C=O) groups excluding carboxylic acids is 1. The highest BCUT2D eigenvalue weighted by Gasteiger charge is 2.43. The Labute approximate surface area is 212 Å². The third kappa shape index (κ3) is 4.62. The van der Waals surface area contributed by atoms with Crippen LogP contribution in [0.3, 0.4) is 0 Å². The standard InChI is InChI=1S/C24H26IN5O2S/c1-13-11-16(8-9-17(13)28-19(31)12-32-4)30-23(20-14(2)27-15(3)21(20)25)22(29-24(30)33)18-7-5-6-10-26-18/h5-11,22-23,27H,12H2,1-4H3,(H,28,31)(H,29,33)/t22-,23+/m0/s1. The molecule has 0 spiro atoms. The Morgan fingerprint density at radius 2 is 2.03 bits per heavy atom. The molecular weight excluding hydrogens is 549 g/mol. The number of aromatic nitrogens is 2. The fourth-order valence-corrected chi connectivity index (χ4v) is 5.51. The van der Waals surface area contributed by atoms with Crippen molar-refractivity contribution < 1.29 is 9.53 Å². The van der Waals surface area contributed by atoms with Crippen LogP contribution >= 0.6 is 34.8 Å². The topological polar surface area (TPSA) is 82.3 Å². The Morgan fingerprint density at radius 3 is 2.64 bits per heavy atom. The number of thiocarbonyl (C=S) groups is 1. The fraction of sp³-hybridized carbons (Fsp3) is 0.292. The number of aromatic amines is 1. The van der Waals surface area contributed by atoms with Gasteiger partial charge in [-0.1, -0.05) is 6.07 Å². The Bertz CT molecular complexity index is 1200. The van der Waals surface area contributed by atoms with Crippen LogP contribution in [0.15, 0.2) is 42.6 Å². The molecule has 3 aromatic rings. The van der Waals surface area contributed by atoms with E-state index in [-0.39, 0.29) is 24.6 Å². The first-order valence-corrected chi connectivity index (χ1v) is 12.0. The van der Waals surface area contributed by atoms with Gasteiger partial charge in [-0.2, -0.15) is 0 Å². The number of methoxy groups -OCH3 is 1. The van der Waals surface area contributed by atoms with Gasteiger partial charge in [0.1, 0.15) is 6.61 Å². The summed E-state index contributed by atoms with van der Waals surface area (Å²) in [5.74, 6) is -0.187. The minimum atomic E-state index is -0.187. The monoisotopic (exact) mass is 575 g/mol. The van der Waals surface area contributed by atoms with Crippen molar-refractivity contribution in [2.75, 3.05) is 23.9 Å². The van der Waals surface area contributed by atoms with E-state index in [2.05, 4.69) is 61.9 Å². The van der Waals surface area contributed by atoms with E-state index < -0.39 is 0 Å². The summed E-state index contributed by atoms with van der Waals surface area (Å²) in [6, 6.07) is 11.7. The molecule has 0 saturated carbocycles. The number of nitrogens with zero attached hydrogens (tertiary/aromatic N) is 2. The molecule has 0 aliphatic carbocycles. The molecule has 7 nitrogen and oxygen atoms in total. The Balaban J connectivity index is 1.78. The van der Waals surface area contributed by atoms with Crippen molar-refractivity contribution in [2.45, 2.75) is 32.9 Å². The van der Waals surface area contributed by atoms with Crippen LogP contribution < -0.4 is 15.5 Å². The van der Waals surface area contributed by atoms with Gasteiger partial charge < -0.3 is 25.3 Å². The molecule has 9 heteroatoms. The maximum Gasteiger partial charge on any atom is 0.250 e. The van der Waals surface area contributed by atoms with Crippen molar-refractivity contribution in [3.8, 4) is 0 Å². The number of halogens is 1. The second kappa shape index (κ2) is 9.78. The normalized spacial score (nSPS) is 17.8. The number of nitrogens with one attached hydrogen (secondary N) is 3. The number of anilines is 2. The van der Waals surface area contributed by atoms with Gasteiger partial charge in [0, 0.05) is 45.2 Å². The van der Waals surface area contributed by atoms with Gasteiger partial charge in [0.25, 0.3) is 0 Å². The molecule has 1 aliphatic heterocycles. The molecule has 3 heterocycles. The van der Waals surface area contributed by atoms with Gasteiger partial charge in [-0.25, -0.2) is 0 Å². The second-order valence-electron chi connectivity index (χ2n) is 8.08. The van der Waals surface area contributed by atoms with E-state index in [1.165, 1.54) is 16.2 Å². The molecule has 172 valence electrons. The van der Waals surface area contributed by atoms with E-state index in [1.54, 1.807) is 0 Å². The first-order valence-electron chi connectivity index (χ1n) is 10.6. The van der Waals surface area contributed by atoms with E-state index in [9.17, 15) is 4.79 Å². The van der Waals surface area contributed by atoms with E-state index in [0.717, 1.165) is 34.0 Å². The zero-order chi connectivity index (χ0) is 23.7. The Kier molecular flexibility index (Phi) is 7.01. The average Bonchev–Trinajstić information content (AvgIpc) is 3.25. The minimum absolute atomic E-state index is 0.0136. The summed E-state index contributed by atoms with van der Waals surface area (Å²) in [4.78, 5) is 22.2. The van der Waals surface area contributed by atoms with Gasteiger partial charge in [0.2, 0.25) is 5.91 Å². The number of H-pyrrole nitrogens is 1. The van der Waals surface area contributed by atoms with Crippen LogP contribution in [-0.2, 0) is 9.53 Å². The van der Waals surface area contributed by atoms with E-state index in [4.69, 9.17) is 17.0 Å². The van der Waals surface area contributed by atoms with Gasteiger partial charge in [0.05, 0.1) is 17.8 Å². The Morgan fingerprint density at radius 1 is 1.24 bits per heavy atom. The van der Waals surface area contributed by atoms with Crippen LogP contribution in [0.4, 0.5) is 11.4 Å². The number of rotatable bonds is 6. The van der Waals surface area contributed by atoms with Crippen molar-refractivity contribution in [3.05, 3.63) is 74.4 Å². The number of hydrogen-bond donors (Lipinski definition) is 3. The highest BCUT2D eigenvalue weighted by atomic mass is 127. The third-order valence-corrected chi connectivity index (χ3v) is 7.48. The van der Waals surface area contributed by atoms with Crippen molar-refractivity contribution >= 4 is 57.2 Å². The smallest absolute Gasteiger partial charge is 0.250 e. The summed E-state index contributed by atoms with van der Waals surface area (Å²) in [6.45, 7) is 6.17. The molecule has 1 fully saturated rings. The largest absolute Gasteiger partial charge is 0.375 e. The van der Waals surface area contributed by atoms with Gasteiger partial charge >= 0.3 is 0 Å². The lowest BCUT2D eigenvalue weighted by Crippen LogP contribution is -2.30. The number of hydrogen-bond acceptors (Lipinski definition) is 4. The molecule has 1 amide bonds. The SMILES string of the molecule is COCC(=O)Nc1ccc(N2C(=S)N[C@@H](c3ccccn3)[C@H]2c2c(C)[nH]c(C)c2I)cc1C. The van der Waals surface area contributed by atoms with Gasteiger partial charge in [-0.3, -0.25) is 9.78 Å². The lowest BCUT2D eigenvalue weighted by Gasteiger charge is -2.29. The number of aryl methyl sites for hydroxylation is 3. The van der Waals surface area contributed by atoms with Crippen molar-refractivity contribution in [1.29, 1.82) is 0 Å².